The molecule has 0 atom stereocenters. The lowest BCUT2D eigenvalue weighted by Gasteiger charge is -2.29. The van der Waals surface area contributed by atoms with E-state index in [1.54, 1.807) is 0 Å². The molecular formula is C21H17ClN2. The lowest BCUT2D eigenvalue weighted by molar-refractivity contribution is 0.795. The van der Waals surface area contributed by atoms with Crippen LogP contribution in [0, 0.1) is 11.3 Å². The second-order valence-electron chi connectivity index (χ2n) is 5.54. The van der Waals surface area contributed by atoms with Crippen molar-refractivity contribution in [3.05, 3.63) is 101 Å². The van der Waals surface area contributed by atoms with Crippen molar-refractivity contribution >= 4 is 17.3 Å². The van der Waals surface area contributed by atoms with Gasteiger partial charge in [0.25, 0.3) is 0 Å². The summed E-state index contributed by atoms with van der Waals surface area (Å²) in [5, 5.41) is 13.9. The first-order chi connectivity index (χ1) is 11.7. The van der Waals surface area contributed by atoms with Gasteiger partial charge >= 0.3 is 0 Å². The third-order valence-corrected chi connectivity index (χ3v) is 4.56. The molecule has 24 heavy (non-hydrogen) atoms. The van der Waals surface area contributed by atoms with E-state index in [2.05, 4.69) is 11.4 Å². The predicted molar refractivity (Wildman–Crippen MR) is 99.4 cm³/mol. The zero-order chi connectivity index (χ0) is 17.0. The van der Waals surface area contributed by atoms with E-state index in [4.69, 9.17) is 11.6 Å². The highest BCUT2D eigenvalue weighted by Gasteiger charge is 2.38. The van der Waals surface area contributed by atoms with Crippen molar-refractivity contribution in [1.82, 2.24) is 0 Å². The molecule has 0 saturated carbocycles. The summed E-state index contributed by atoms with van der Waals surface area (Å²) >= 11 is 6.58. The molecule has 118 valence electrons. The van der Waals surface area contributed by atoms with Crippen LogP contribution in [0.1, 0.15) is 16.7 Å². The fourth-order valence-corrected chi connectivity index (χ4v) is 3.34. The minimum atomic E-state index is -0.953. The van der Waals surface area contributed by atoms with Gasteiger partial charge in [0.1, 0.15) is 5.41 Å². The number of anilines is 1. The Hall–Kier alpha value is -2.76. The van der Waals surface area contributed by atoms with Crippen LogP contribution >= 0.6 is 11.6 Å². The maximum Gasteiger partial charge on any atom is 0.134 e. The van der Waals surface area contributed by atoms with Gasteiger partial charge < -0.3 is 5.32 Å². The summed E-state index contributed by atoms with van der Waals surface area (Å²) in [4.78, 5) is 0. The summed E-state index contributed by atoms with van der Waals surface area (Å²) < 4.78 is 0. The third-order valence-electron chi connectivity index (χ3n) is 4.24. The van der Waals surface area contributed by atoms with E-state index in [1.807, 2.05) is 85.9 Å². The summed E-state index contributed by atoms with van der Waals surface area (Å²) in [5.74, 6) is 0. The van der Waals surface area contributed by atoms with Crippen molar-refractivity contribution in [2.24, 2.45) is 0 Å². The van der Waals surface area contributed by atoms with Crippen LogP contribution in [-0.4, -0.2) is 7.05 Å². The van der Waals surface area contributed by atoms with Crippen LogP contribution < -0.4 is 5.32 Å². The maximum absolute atomic E-state index is 10.3. The second-order valence-corrected chi connectivity index (χ2v) is 5.95. The van der Waals surface area contributed by atoms with Crippen molar-refractivity contribution < 1.29 is 0 Å². The zero-order valence-corrected chi connectivity index (χ0v) is 14.1. The van der Waals surface area contributed by atoms with E-state index in [1.165, 1.54) is 0 Å². The molecule has 0 bridgehead atoms. The summed E-state index contributed by atoms with van der Waals surface area (Å²) in [6.07, 6.45) is 0. The molecule has 0 aliphatic heterocycles. The number of hydrogen-bond donors (Lipinski definition) is 1. The van der Waals surface area contributed by atoms with Crippen molar-refractivity contribution in [3.8, 4) is 6.07 Å². The number of nitrogens with one attached hydrogen (secondary N) is 1. The first kappa shape index (κ1) is 16.1. The number of nitrogens with zero attached hydrogens (tertiary/aromatic N) is 1. The molecule has 0 unspecified atom stereocenters. The van der Waals surface area contributed by atoms with Crippen molar-refractivity contribution in [2.45, 2.75) is 5.41 Å². The molecule has 0 aliphatic carbocycles. The SMILES string of the molecule is CNc1ccc(C(C#N)(c2ccccc2)c2ccccc2)c(Cl)c1. The molecule has 0 fully saturated rings. The van der Waals surface area contributed by atoms with Gasteiger partial charge in [-0.25, -0.2) is 0 Å². The van der Waals surface area contributed by atoms with Crippen molar-refractivity contribution in [1.29, 1.82) is 5.26 Å². The molecule has 0 saturated heterocycles. The van der Waals surface area contributed by atoms with E-state index in [-0.39, 0.29) is 0 Å². The molecular weight excluding hydrogens is 316 g/mol. The normalized spacial score (nSPS) is 10.9. The summed E-state index contributed by atoms with van der Waals surface area (Å²) in [6.45, 7) is 0. The van der Waals surface area contributed by atoms with E-state index in [9.17, 15) is 5.26 Å². The Labute approximate surface area is 147 Å². The summed E-state index contributed by atoms with van der Waals surface area (Å²) in [7, 11) is 1.84. The Morgan fingerprint density at radius 2 is 1.42 bits per heavy atom. The molecule has 0 heterocycles. The highest BCUT2D eigenvalue weighted by atomic mass is 35.5. The molecule has 1 N–H and O–H groups in total. The van der Waals surface area contributed by atoms with Gasteiger partial charge in [0.05, 0.1) is 6.07 Å². The minimum Gasteiger partial charge on any atom is -0.388 e. The van der Waals surface area contributed by atoms with Gasteiger partial charge in [-0.3, -0.25) is 0 Å². The topological polar surface area (TPSA) is 35.8 Å². The molecule has 0 amide bonds. The van der Waals surface area contributed by atoms with Gasteiger partial charge in [0, 0.05) is 17.8 Å². The average Bonchev–Trinajstić information content (AvgIpc) is 2.65. The van der Waals surface area contributed by atoms with Gasteiger partial charge in [-0.05, 0) is 28.8 Å². The van der Waals surface area contributed by atoms with Crippen LogP contribution in [0.3, 0.4) is 0 Å². The highest BCUT2D eigenvalue weighted by molar-refractivity contribution is 6.32. The molecule has 3 aromatic carbocycles. The summed E-state index contributed by atoms with van der Waals surface area (Å²) in [6, 6.07) is 27.8. The smallest absolute Gasteiger partial charge is 0.134 e. The first-order valence-electron chi connectivity index (χ1n) is 7.72. The molecule has 0 radical (unpaired) electrons. The number of rotatable bonds is 4. The van der Waals surface area contributed by atoms with Crippen LogP contribution in [-0.2, 0) is 5.41 Å². The van der Waals surface area contributed by atoms with E-state index in [0.29, 0.717) is 5.02 Å². The largest absolute Gasteiger partial charge is 0.388 e. The quantitative estimate of drug-likeness (QED) is 0.663. The second kappa shape index (κ2) is 6.78. The number of nitriles is 1. The van der Waals surface area contributed by atoms with Gasteiger partial charge in [-0.2, -0.15) is 5.26 Å². The van der Waals surface area contributed by atoms with Crippen LogP contribution in [0.4, 0.5) is 5.69 Å². The monoisotopic (exact) mass is 332 g/mol. The molecule has 3 heteroatoms. The van der Waals surface area contributed by atoms with Crippen LogP contribution in [0.15, 0.2) is 78.9 Å². The third kappa shape index (κ3) is 2.64. The van der Waals surface area contributed by atoms with Crippen molar-refractivity contribution in [3.63, 3.8) is 0 Å². The maximum atomic E-state index is 10.3. The molecule has 3 aromatic rings. The summed E-state index contributed by atoms with van der Waals surface area (Å²) in [5.41, 5.74) is 2.54. The molecule has 0 spiro atoms. The number of hydrogen-bond acceptors (Lipinski definition) is 2. The fraction of sp³-hybridized carbons (Fsp3) is 0.0952. The Morgan fingerprint density at radius 1 is 0.875 bits per heavy atom. The lowest BCUT2D eigenvalue weighted by atomic mass is 9.70. The molecule has 0 aliphatic rings. The van der Waals surface area contributed by atoms with Crippen LogP contribution in [0.5, 0.6) is 0 Å². The standard InChI is InChI=1S/C21H17ClN2/c1-24-18-12-13-19(20(22)14-18)21(15-23,16-8-4-2-5-9-16)17-10-6-3-7-11-17/h2-14,24H,1H3. The Kier molecular flexibility index (Phi) is 4.55. The van der Waals surface area contributed by atoms with E-state index < -0.39 is 5.41 Å². The Bertz CT molecular complexity index is 828. The number of benzene rings is 3. The Morgan fingerprint density at radius 3 is 1.83 bits per heavy atom. The highest BCUT2D eigenvalue weighted by Crippen LogP contribution is 2.42. The van der Waals surface area contributed by atoms with Gasteiger partial charge in [-0.1, -0.05) is 78.3 Å². The fourth-order valence-electron chi connectivity index (χ4n) is 3.02. The number of halogens is 1. The Balaban J connectivity index is 2.33. The predicted octanol–water partition coefficient (Wildman–Crippen LogP) is 5.24. The van der Waals surface area contributed by atoms with E-state index in [0.717, 1.165) is 22.4 Å². The van der Waals surface area contributed by atoms with Gasteiger partial charge in [-0.15, -0.1) is 0 Å². The zero-order valence-electron chi connectivity index (χ0n) is 13.3. The molecule has 3 rings (SSSR count). The van der Waals surface area contributed by atoms with Crippen molar-refractivity contribution in [2.75, 3.05) is 12.4 Å². The van der Waals surface area contributed by atoms with Gasteiger partial charge in [0.2, 0.25) is 0 Å². The lowest BCUT2D eigenvalue weighted by Crippen LogP contribution is -2.27. The van der Waals surface area contributed by atoms with Crippen LogP contribution in [0.25, 0.3) is 0 Å². The molecule has 2 nitrogen and oxygen atoms in total. The first-order valence-corrected chi connectivity index (χ1v) is 8.10. The van der Waals surface area contributed by atoms with E-state index >= 15 is 0 Å². The average molecular weight is 333 g/mol. The van der Waals surface area contributed by atoms with Crippen LogP contribution in [0.2, 0.25) is 5.02 Å². The van der Waals surface area contributed by atoms with Gasteiger partial charge in [0.15, 0.2) is 0 Å². The minimum absolute atomic E-state index is 0.566. The molecule has 0 aromatic heterocycles.